The first-order valence-corrected chi connectivity index (χ1v) is 15.3. The largest absolute Gasteiger partial charge is 0.308 e. The molecule has 0 N–H and O–H groups in total. The number of fused-ring (bicyclic) bond motifs is 12. The Kier molecular flexibility index (Phi) is 4.10. The van der Waals surface area contributed by atoms with Crippen LogP contribution in [0.2, 0.25) is 0 Å². The molecule has 7 aromatic carbocycles. The molecule has 0 bridgehead atoms. The van der Waals surface area contributed by atoms with Crippen LogP contribution in [0, 0.1) is 0 Å². The molecule has 0 unspecified atom stereocenters. The first-order valence-electron chi connectivity index (χ1n) is 15.3. The maximum absolute atomic E-state index is 2.49. The van der Waals surface area contributed by atoms with Crippen molar-refractivity contribution in [3.05, 3.63) is 146 Å². The van der Waals surface area contributed by atoms with Crippen LogP contribution in [0.1, 0.15) is 0 Å². The summed E-state index contributed by atoms with van der Waals surface area (Å²) in [6.07, 6.45) is 0. The number of aromatic nitrogens is 2. The van der Waals surface area contributed by atoms with Crippen LogP contribution < -0.4 is 0 Å². The molecule has 0 atom stereocenters. The zero-order chi connectivity index (χ0) is 28.5. The zero-order valence-corrected chi connectivity index (χ0v) is 23.8. The van der Waals surface area contributed by atoms with Gasteiger partial charge >= 0.3 is 0 Å². The van der Waals surface area contributed by atoms with E-state index < -0.39 is 0 Å². The van der Waals surface area contributed by atoms with Gasteiger partial charge in [-0.25, -0.2) is 0 Å². The smallest absolute Gasteiger partial charge is 0.0626 e. The molecule has 44 heavy (non-hydrogen) atoms. The summed E-state index contributed by atoms with van der Waals surface area (Å²) in [4.78, 5) is 0. The quantitative estimate of drug-likeness (QED) is 0.200. The molecular weight excluding hydrogens is 532 g/mol. The molecule has 4 aromatic heterocycles. The lowest BCUT2D eigenvalue weighted by atomic mass is 9.93. The second kappa shape index (κ2) is 7.94. The van der Waals surface area contributed by atoms with Crippen molar-refractivity contribution in [1.29, 1.82) is 0 Å². The molecule has 0 saturated heterocycles. The molecule has 4 heterocycles. The van der Waals surface area contributed by atoms with Crippen LogP contribution in [0.15, 0.2) is 146 Å². The minimum absolute atomic E-state index is 1.25. The third kappa shape index (κ3) is 2.63. The predicted molar refractivity (Wildman–Crippen MR) is 187 cm³/mol. The summed E-state index contributed by atoms with van der Waals surface area (Å²) in [5.41, 5.74) is 12.8. The summed E-state index contributed by atoms with van der Waals surface area (Å²) in [6.45, 7) is 0. The first kappa shape index (κ1) is 22.7. The third-order valence-corrected chi connectivity index (χ3v) is 9.99. The van der Waals surface area contributed by atoms with E-state index >= 15 is 0 Å². The van der Waals surface area contributed by atoms with E-state index in [-0.39, 0.29) is 0 Å². The molecule has 202 valence electrons. The SMILES string of the molecule is c1ccc(-c2ccc3c(c2)c2ccc(-c4cccc5c4c4cccc6c7ccccc7n5c64)c4c5ccccc5n3c24)cc1. The molecule has 2 heteroatoms. The van der Waals surface area contributed by atoms with Crippen molar-refractivity contribution >= 4 is 76.2 Å². The Labute approximate surface area is 252 Å². The highest BCUT2D eigenvalue weighted by molar-refractivity contribution is 6.31. The van der Waals surface area contributed by atoms with Gasteiger partial charge in [0.25, 0.3) is 0 Å². The average Bonchev–Trinajstić information content (AvgIpc) is 3.82. The number of nitrogens with zero attached hydrogens (tertiary/aromatic N) is 2. The van der Waals surface area contributed by atoms with Crippen LogP contribution >= 0.6 is 0 Å². The molecule has 11 aromatic rings. The summed E-state index contributed by atoms with van der Waals surface area (Å²) in [5.74, 6) is 0. The number of hydrogen-bond acceptors (Lipinski definition) is 0. The average molecular weight is 557 g/mol. The summed E-state index contributed by atoms with van der Waals surface area (Å²) in [6, 6.07) is 53.8. The van der Waals surface area contributed by atoms with E-state index in [1.54, 1.807) is 0 Å². The van der Waals surface area contributed by atoms with Crippen LogP contribution in [0.5, 0.6) is 0 Å². The second-order valence-electron chi connectivity index (χ2n) is 12.1. The van der Waals surface area contributed by atoms with Crippen LogP contribution in [-0.2, 0) is 0 Å². The van der Waals surface area contributed by atoms with Gasteiger partial charge in [0.1, 0.15) is 0 Å². The Morgan fingerprint density at radius 1 is 0.295 bits per heavy atom. The van der Waals surface area contributed by atoms with Crippen molar-refractivity contribution in [2.75, 3.05) is 0 Å². The van der Waals surface area contributed by atoms with Gasteiger partial charge in [0.15, 0.2) is 0 Å². The first-order chi connectivity index (χ1) is 21.9. The molecular formula is C42H24N2. The monoisotopic (exact) mass is 556 g/mol. The van der Waals surface area contributed by atoms with Gasteiger partial charge in [0, 0.05) is 43.1 Å². The maximum atomic E-state index is 2.49. The van der Waals surface area contributed by atoms with Crippen molar-refractivity contribution in [3.63, 3.8) is 0 Å². The van der Waals surface area contributed by atoms with E-state index in [4.69, 9.17) is 0 Å². The Hall–Kier alpha value is -5.86. The van der Waals surface area contributed by atoms with Gasteiger partial charge in [-0.2, -0.15) is 0 Å². The van der Waals surface area contributed by atoms with E-state index in [2.05, 4.69) is 154 Å². The molecule has 0 fully saturated rings. The highest BCUT2D eigenvalue weighted by Crippen LogP contribution is 2.48. The molecule has 0 aliphatic heterocycles. The summed E-state index contributed by atoms with van der Waals surface area (Å²) in [5, 5.41) is 10.5. The Balaban J connectivity index is 1.30. The van der Waals surface area contributed by atoms with Crippen molar-refractivity contribution in [3.8, 4) is 22.3 Å². The minimum atomic E-state index is 1.25. The molecule has 0 spiro atoms. The second-order valence-corrected chi connectivity index (χ2v) is 12.1. The highest BCUT2D eigenvalue weighted by Gasteiger charge is 2.24. The van der Waals surface area contributed by atoms with Crippen molar-refractivity contribution < 1.29 is 0 Å². The van der Waals surface area contributed by atoms with E-state index in [1.165, 1.54) is 98.4 Å². The van der Waals surface area contributed by atoms with Gasteiger partial charge in [-0.3, -0.25) is 0 Å². The third-order valence-electron chi connectivity index (χ3n) is 9.99. The number of benzene rings is 7. The van der Waals surface area contributed by atoms with Crippen LogP contribution in [0.4, 0.5) is 0 Å². The minimum Gasteiger partial charge on any atom is -0.308 e. The fourth-order valence-corrected chi connectivity index (χ4v) is 8.25. The Morgan fingerprint density at radius 3 is 1.80 bits per heavy atom. The fraction of sp³-hybridized carbons (Fsp3) is 0. The van der Waals surface area contributed by atoms with Crippen LogP contribution in [-0.4, -0.2) is 8.80 Å². The summed E-state index contributed by atoms with van der Waals surface area (Å²) < 4.78 is 4.97. The summed E-state index contributed by atoms with van der Waals surface area (Å²) >= 11 is 0. The van der Waals surface area contributed by atoms with E-state index in [0.717, 1.165) is 0 Å². The van der Waals surface area contributed by atoms with Gasteiger partial charge in [-0.1, -0.05) is 115 Å². The standard InChI is InChI=1S/C42H24N2/c1-2-10-25(11-3-1)26-20-23-37-34(24-26)31-22-21-29(40-32-13-5-7-18-36(32)43(37)42(31)40)28-14-9-19-38-39(28)33-16-8-15-30-27-12-4-6-17-35(27)44(38)41(30)33/h1-24H. The number of para-hydroxylation sites is 3. The van der Waals surface area contributed by atoms with E-state index in [0.29, 0.717) is 0 Å². The van der Waals surface area contributed by atoms with Gasteiger partial charge in [-0.05, 0) is 52.6 Å². The molecule has 0 radical (unpaired) electrons. The van der Waals surface area contributed by atoms with Crippen molar-refractivity contribution in [1.82, 2.24) is 8.80 Å². The predicted octanol–water partition coefficient (Wildman–Crippen LogP) is 11.3. The Morgan fingerprint density at radius 2 is 0.909 bits per heavy atom. The lowest BCUT2D eigenvalue weighted by Crippen LogP contribution is -1.84. The number of rotatable bonds is 2. The molecule has 11 rings (SSSR count). The molecule has 2 nitrogen and oxygen atoms in total. The molecule has 0 amide bonds. The number of hydrogen-bond donors (Lipinski definition) is 0. The van der Waals surface area contributed by atoms with Gasteiger partial charge < -0.3 is 8.80 Å². The molecule has 0 aliphatic carbocycles. The van der Waals surface area contributed by atoms with Crippen molar-refractivity contribution in [2.24, 2.45) is 0 Å². The van der Waals surface area contributed by atoms with Gasteiger partial charge in [0.05, 0.1) is 33.1 Å². The highest BCUT2D eigenvalue weighted by atomic mass is 14.9. The van der Waals surface area contributed by atoms with Crippen LogP contribution in [0.3, 0.4) is 0 Å². The lowest BCUT2D eigenvalue weighted by molar-refractivity contribution is 1.37. The Bertz CT molecular complexity index is 2920. The summed E-state index contributed by atoms with van der Waals surface area (Å²) in [7, 11) is 0. The van der Waals surface area contributed by atoms with E-state index in [1.807, 2.05) is 0 Å². The van der Waals surface area contributed by atoms with Gasteiger partial charge in [-0.15, -0.1) is 0 Å². The van der Waals surface area contributed by atoms with Crippen molar-refractivity contribution in [2.45, 2.75) is 0 Å². The normalized spacial score (nSPS) is 12.5. The maximum Gasteiger partial charge on any atom is 0.0626 e. The van der Waals surface area contributed by atoms with Crippen LogP contribution in [0.25, 0.3) is 98.4 Å². The molecule has 0 saturated carbocycles. The van der Waals surface area contributed by atoms with Gasteiger partial charge in [0.2, 0.25) is 0 Å². The topological polar surface area (TPSA) is 8.82 Å². The zero-order valence-electron chi connectivity index (χ0n) is 23.8. The lowest BCUT2D eigenvalue weighted by Gasteiger charge is -2.09. The van der Waals surface area contributed by atoms with E-state index in [9.17, 15) is 0 Å². The fourth-order valence-electron chi connectivity index (χ4n) is 8.25. The molecule has 0 aliphatic rings.